The standard InChI is InChI=1S/C45H26O/c1-2-11-28-24-41-37(23-27(28)10-1)33-14-4-7-18-39(33)45(41)38-17-6-3-13-32(38)34-21-20-29(25-40(34)45)31-22-30-12-9-16-36-35-15-5-8-19-42(35)46-43(26-31)44(30)36/h1-26H. The van der Waals surface area contributed by atoms with Gasteiger partial charge in [0.2, 0.25) is 0 Å². The Morgan fingerprint density at radius 2 is 0.935 bits per heavy atom. The Balaban J connectivity index is 1.20. The predicted octanol–water partition coefficient (Wildman–Crippen LogP) is 11.8. The van der Waals surface area contributed by atoms with Gasteiger partial charge in [-0.25, -0.2) is 0 Å². The van der Waals surface area contributed by atoms with Gasteiger partial charge in [-0.15, -0.1) is 0 Å². The Hall–Kier alpha value is -5.92. The maximum absolute atomic E-state index is 6.58. The van der Waals surface area contributed by atoms with Crippen LogP contribution in [0.3, 0.4) is 0 Å². The van der Waals surface area contributed by atoms with Crippen molar-refractivity contribution in [1.82, 2.24) is 0 Å². The lowest BCUT2D eigenvalue weighted by molar-refractivity contribution is 0.487. The summed E-state index contributed by atoms with van der Waals surface area (Å²) in [5.41, 5.74) is 15.1. The third-order valence-corrected chi connectivity index (χ3v) is 10.6. The Morgan fingerprint density at radius 1 is 0.326 bits per heavy atom. The predicted molar refractivity (Wildman–Crippen MR) is 189 cm³/mol. The zero-order valence-corrected chi connectivity index (χ0v) is 24.9. The highest BCUT2D eigenvalue weighted by Gasteiger charge is 2.51. The smallest absolute Gasteiger partial charge is 0.136 e. The van der Waals surface area contributed by atoms with Crippen molar-refractivity contribution >= 4 is 21.5 Å². The molecule has 8 aromatic carbocycles. The van der Waals surface area contributed by atoms with Crippen LogP contribution < -0.4 is 4.74 Å². The SMILES string of the molecule is c1ccc2c(c1)Oc1cc(-c3ccc4c(c3)C3(c5ccccc5-4)c4ccccc4-c4cc5ccccc5cc43)cc3cccc-2c13. The van der Waals surface area contributed by atoms with Gasteiger partial charge in [-0.2, -0.15) is 0 Å². The third-order valence-electron chi connectivity index (χ3n) is 10.6. The van der Waals surface area contributed by atoms with Crippen molar-refractivity contribution in [3.05, 3.63) is 180 Å². The van der Waals surface area contributed by atoms with Crippen molar-refractivity contribution in [2.45, 2.75) is 5.41 Å². The van der Waals surface area contributed by atoms with Crippen molar-refractivity contribution < 1.29 is 4.74 Å². The summed E-state index contributed by atoms with van der Waals surface area (Å²) in [6.07, 6.45) is 0. The van der Waals surface area contributed by atoms with Gasteiger partial charge in [0, 0.05) is 10.9 Å². The summed E-state index contributed by atoms with van der Waals surface area (Å²) in [4.78, 5) is 0. The number of hydrogen-bond acceptors (Lipinski definition) is 1. The van der Waals surface area contributed by atoms with E-state index in [9.17, 15) is 0 Å². The van der Waals surface area contributed by atoms with Crippen LogP contribution in [0.2, 0.25) is 0 Å². The molecule has 1 heterocycles. The maximum Gasteiger partial charge on any atom is 0.136 e. The van der Waals surface area contributed by atoms with E-state index in [4.69, 9.17) is 4.74 Å². The lowest BCUT2D eigenvalue weighted by atomic mass is 9.70. The quantitative estimate of drug-likeness (QED) is 0.187. The lowest BCUT2D eigenvalue weighted by Gasteiger charge is -2.31. The number of benzene rings is 8. The van der Waals surface area contributed by atoms with E-state index in [1.165, 1.54) is 77.2 Å². The topological polar surface area (TPSA) is 9.23 Å². The first-order valence-electron chi connectivity index (χ1n) is 16.0. The molecule has 212 valence electrons. The zero-order chi connectivity index (χ0) is 30.0. The molecule has 11 rings (SSSR count). The molecule has 46 heavy (non-hydrogen) atoms. The van der Waals surface area contributed by atoms with Crippen molar-refractivity contribution in [3.8, 4) is 56.0 Å². The number of ether oxygens (including phenoxy) is 1. The van der Waals surface area contributed by atoms with Crippen LogP contribution in [0.5, 0.6) is 11.5 Å². The van der Waals surface area contributed by atoms with E-state index in [1.807, 2.05) is 6.07 Å². The van der Waals surface area contributed by atoms with Gasteiger partial charge < -0.3 is 4.74 Å². The molecule has 0 aromatic heterocycles. The summed E-state index contributed by atoms with van der Waals surface area (Å²) in [5.74, 6) is 1.83. The van der Waals surface area contributed by atoms with E-state index in [2.05, 4.69) is 152 Å². The molecule has 0 saturated carbocycles. The molecule has 1 heteroatoms. The Bertz CT molecular complexity index is 2630. The van der Waals surface area contributed by atoms with Gasteiger partial charge in [-0.1, -0.05) is 121 Å². The van der Waals surface area contributed by atoms with E-state index in [0.717, 1.165) is 22.6 Å². The molecule has 0 saturated heterocycles. The molecule has 3 aliphatic rings. The minimum Gasteiger partial charge on any atom is -0.456 e. The molecule has 0 fully saturated rings. The summed E-state index contributed by atoms with van der Waals surface area (Å²) >= 11 is 0. The van der Waals surface area contributed by atoms with Crippen molar-refractivity contribution in [3.63, 3.8) is 0 Å². The molecule has 0 amide bonds. The summed E-state index contributed by atoms with van der Waals surface area (Å²) < 4.78 is 6.58. The van der Waals surface area contributed by atoms with Gasteiger partial charge in [0.15, 0.2) is 0 Å². The van der Waals surface area contributed by atoms with Crippen molar-refractivity contribution in [2.75, 3.05) is 0 Å². The van der Waals surface area contributed by atoms with Gasteiger partial charge >= 0.3 is 0 Å². The Morgan fingerprint density at radius 3 is 1.76 bits per heavy atom. The van der Waals surface area contributed by atoms with Gasteiger partial charge in [0.25, 0.3) is 0 Å². The second-order valence-electron chi connectivity index (χ2n) is 12.8. The lowest BCUT2D eigenvalue weighted by Crippen LogP contribution is -2.25. The fourth-order valence-electron chi connectivity index (χ4n) is 8.76. The fraction of sp³-hybridized carbons (Fsp3) is 0.0222. The highest BCUT2D eigenvalue weighted by Crippen LogP contribution is 2.63. The number of hydrogen-bond donors (Lipinski definition) is 0. The molecule has 1 unspecified atom stereocenters. The molecule has 0 bridgehead atoms. The van der Waals surface area contributed by atoms with Gasteiger partial charge in [0.05, 0.1) is 5.41 Å². The van der Waals surface area contributed by atoms with Gasteiger partial charge in [-0.3, -0.25) is 0 Å². The van der Waals surface area contributed by atoms with E-state index < -0.39 is 5.41 Å². The van der Waals surface area contributed by atoms with Crippen LogP contribution in [0, 0.1) is 0 Å². The third kappa shape index (κ3) is 2.96. The summed E-state index contributed by atoms with van der Waals surface area (Å²) in [7, 11) is 0. The van der Waals surface area contributed by atoms with E-state index >= 15 is 0 Å². The monoisotopic (exact) mass is 582 g/mol. The normalized spacial score (nSPS) is 16.1. The summed E-state index contributed by atoms with van der Waals surface area (Å²) in [6.45, 7) is 0. The molecule has 8 aromatic rings. The molecule has 1 aliphatic heterocycles. The van der Waals surface area contributed by atoms with Gasteiger partial charge in [-0.05, 0) is 114 Å². The highest BCUT2D eigenvalue weighted by molar-refractivity contribution is 6.06. The van der Waals surface area contributed by atoms with Gasteiger partial charge in [0.1, 0.15) is 11.5 Å². The zero-order valence-electron chi connectivity index (χ0n) is 24.9. The average molecular weight is 583 g/mol. The Kier molecular flexibility index (Phi) is 4.57. The maximum atomic E-state index is 6.58. The highest BCUT2D eigenvalue weighted by atomic mass is 16.5. The fourth-order valence-corrected chi connectivity index (χ4v) is 8.76. The van der Waals surface area contributed by atoms with Crippen LogP contribution in [0.15, 0.2) is 158 Å². The first-order chi connectivity index (χ1) is 22.8. The summed E-state index contributed by atoms with van der Waals surface area (Å²) in [5, 5.41) is 4.93. The summed E-state index contributed by atoms with van der Waals surface area (Å²) in [6, 6.07) is 58.3. The molecule has 1 nitrogen and oxygen atoms in total. The number of rotatable bonds is 1. The average Bonchev–Trinajstić information content (AvgIpc) is 3.57. The molecule has 2 aliphatic carbocycles. The number of fused-ring (bicyclic) bond motifs is 13. The van der Waals surface area contributed by atoms with Crippen LogP contribution >= 0.6 is 0 Å². The Labute approximate surface area is 267 Å². The van der Waals surface area contributed by atoms with Crippen LogP contribution in [0.4, 0.5) is 0 Å². The molecule has 1 spiro atoms. The first-order valence-corrected chi connectivity index (χ1v) is 16.0. The van der Waals surface area contributed by atoms with E-state index in [1.54, 1.807) is 0 Å². The first kappa shape index (κ1) is 24.4. The number of para-hydroxylation sites is 1. The van der Waals surface area contributed by atoms with Crippen LogP contribution in [0.25, 0.3) is 66.1 Å². The van der Waals surface area contributed by atoms with Crippen molar-refractivity contribution in [2.24, 2.45) is 0 Å². The minimum absolute atomic E-state index is 0.397. The van der Waals surface area contributed by atoms with Crippen LogP contribution in [0.1, 0.15) is 22.3 Å². The largest absolute Gasteiger partial charge is 0.456 e. The minimum atomic E-state index is -0.397. The molecule has 0 radical (unpaired) electrons. The van der Waals surface area contributed by atoms with Crippen molar-refractivity contribution in [1.29, 1.82) is 0 Å². The van der Waals surface area contributed by atoms with E-state index in [-0.39, 0.29) is 0 Å². The molecular formula is C45H26O. The van der Waals surface area contributed by atoms with E-state index in [0.29, 0.717) is 0 Å². The molecule has 0 N–H and O–H groups in total. The van der Waals surface area contributed by atoms with Crippen LogP contribution in [-0.4, -0.2) is 0 Å². The van der Waals surface area contributed by atoms with Crippen LogP contribution in [-0.2, 0) is 5.41 Å². The second-order valence-corrected chi connectivity index (χ2v) is 12.8. The second kappa shape index (κ2) is 8.62. The molecular weight excluding hydrogens is 556 g/mol. The molecule has 1 atom stereocenters.